The Kier molecular flexibility index (Phi) is 15.3. The summed E-state index contributed by atoms with van der Waals surface area (Å²) in [6, 6.07) is 6.10. The molecule has 0 saturated carbocycles. The zero-order valence-electron chi connectivity index (χ0n) is 26.9. The monoisotopic (exact) mass is 649 g/mol. The molecule has 1 aliphatic rings. The molecule has 11 heteroatoms. The van der Waals surface area contributed by atoms with Gasteiger partial charge in [0.25, 0.3) is 0 Å². The number of carbonyl (C=O) groups is 3. The van der Waals surface area contributed by atoms with Crippen molar-refractivity contribution in [3.05, 3.63) is 41.0 Å². The van der Waals surface area contributed by atoms with Crippen molar-refractivity contribution in [1.29, 1.82) is 0 Å². The van der Waals surface area contributed by atoms with Crippen LogP contribution in [0.1, 0.15) is 103 Å². The van der Waals surface area contributed by atoms with E-state index in [0.29, 0.717) is 6.42 Å². The molecule has 1 saturated heterocycles. The number of amides is 3. The van der Waals surface area contributed by atoms with Crippen molar-refractivity contribution in [2.45, 2.75) is 117 Å². The Morgan fingerprint density at radius 2 is 1.66 bits per heavy atom. The van der Waals surface area contributed by atoms with Crippen molar-refractivity contribution in [2.24, 2.45) is 11.1 Å². The van der Waals surface area contributed by atoms with Gasteiger partial charge in [0.05, 0.1) is 28.2 Å². The molecular formula is C33H52ClN5O4S. The van der Waals surface area contributed by atoms with Gasteiger partial charge in [0.1, 0.15) is 12.1 Å². The maximum absolute atomic E-state index is 13.8. The molecule has 0 bridgehead atoms. The lowest BCUT2D eigenvalue weighted by molar-refractivity contribution is -0.144. The average molecular weight is 650 g/mol. The predicted octanol–water partition coefficient (Wildman–Crippen LogP) is 5.29. The Balaban J connectivity index is 0.00000675. The number of rotatable bonds is 15. The average Bonchev–Trinajstić information content (AvgIpc) is 3.57. The zero-order chi connectivity index (χ0) is 31.6. The maximum Gasteiger partial charge on any atom is 0.246 e. The number of likely N-dealkylation sites (tertiary alicyclic amines) is 1. The first-order chi connectivity index (χ1) is 20.4. The summed E-state index contributed by atoms with van der Waals surface area (Å²) in [7, 11) is 0. The van der Waals surface area contributed by atoms with Gasteiger partial charge in [-0.3, -0.25) is 14.4 Å². The molecule has 0 radical (unpaired) electrons. The number of aryl methyl sites for hydroxylation is 1. The van der Waals surface area contributed by atoms with Gasteiger partial charge in [-0.15, -0.1) is 23.7 Å². The van der Waals surface area contributed by atoms with Gasteiger partial charge in [-0.05, 0) is 49.8 Å². The lowest BCUT2D eigenvalue weighted by Crippen LogP contribution is -2.57. The molecule has 0 unspecified atom stereocenters. The van der Waals surface area contributed by atoms with Gasteiger partial charge in [0, 0.05) is 19.4 Å². The predicted molar refractivity (Wildman–Crippen MR) is 180 cm³/mol. The van der Waals surface area contributed by atoms with Crippen LogP contribution in [-0.2, 0) is 14.4 Å². The molecule has 1 aromatic heterocycles. The Hall–Kier alpha value is -2.53. The third kappa shape index (κ3) is 10.8. The number of aromatic nitrogens is 1. The first-order valence-corrected chi connectivity index (χ1v) is 16.6. The molecule has 3 amide bonds. The topological polar surface area (TPSA) is 138 Å². The van der Waals surface area contributed by atoms with E-state index in [0.717, 1.165) is 66.8 Å². The number of β-amino-alcohol motifs (C(OH)–C–C–N with tert-alkyl or cyclic N) is 1. The van der Waals surface area contributed by atoms with Crippen LogP contribution in [0, 0.1) is 12.3 Å². The van der Waals surface area contributed by atoms with Gasteiger partial charge in [-0.25, -0.2) is 4.98 Å². The van der Waals surface area contributed by atoms with Crippen LogP contribution in [-0.4, -0.2) is 64.0 Å². The van der Waals surface area contributed by atoms with E-state index in [9.17, 15) is 19.5 Å². The van der Waals surface area contributed by atoms with E-state index < -0.39 is 23.6 Å². The largest absolute Gasteiger partial charge is 0.391 e. The number of unbranched alkanes of at least 4 members (excludes halogenated alkanes) is 6. The highest BCUT2D eigenvalue weighted by Crippen LogP contribution is 2.29. The number of aliphatic hydroxyl groups is 1. The Bertz CT molecular complexity index is 1200. The third-order valence-electron chi connectivity index (χ3n) is 8.17. The molecule has 1 fully saturated rings. The Morgan fingerprint density at radius 1 is 1.05 bits per heavy atom. The first-order valence-electron chi connectivity index (χ1n) is 15.7. The minimum Gasteiger partial charge on any atom is -0.391 e. The van der Waals surface area contributed by atoms with Crippen molar-refractivity contribution in [3.8, 4) is 10.4 Å². The number of benzene rings is 1. The SMILES string of the molecule is Cc1ncsc1-c1ccc([C@H](C)NC(=O)[C@@H]2C[C@@H](O)CN2C(=O)[C@@H](NC(=O)CCCCCCCCCN)C(C)(C)C)cc1.Cl. The van der Waals surface area contributed by atoms with Crippen LogP contribution >= 0.6 is 23.7 Å². The van der Waals surface area contributed by atoms with E-state index in [1.807, 2.05) is 64.4 Å². The summed E-state index contributed by atoms with van der Waals surface area (Å²) in [6.07, 6.45) is 7.03. The van der Waals surface area contributed by atoms with E-state index in [4.69, 9.17) is 5.73 Å². The van der Waals surface area contributed by atoms with Gasteiger partial charge < -0.3 is 26.4 Å². The number of nitrogens with zero attached hydrogens (tertiary/aromatic N) is 2. The zero-order valence-corrected chi connectivity index (χ0v) is 28.6. The molecule has 1 aromatic carbocycles. The summed E-state index contributed by atoms with van der Waals surface area (Å²) in [5.74, 6) is -0.817. The lowest BCUT2D eigenvalue weighted by atomic mass is 9.85. The van der Waals surface area contributed by atoms with Crippen LogP contribution < -0.4 is 16.4 Å². The number of aliphatic hydroxyl groups excluding tert-OH is 1. The van der Waals surface area contributed by atoms with Crippen molar-refractivity contribution in [3.63, 3.8) is 0 Å². The molecular weight excluding hydrogens is 598 g/mol. The van der Waals surface area contributed by atoms with E-state index >= 15 is 0 Å². The van der Waals surface area contributed by atoms with Gasteiger partial charge in [-0.1, -0.05) is 77.1 Å². The number of carbonyl (C=O) groups excluding carboxylic acids is 3. The standard InChI is InChI=1S/C33H51N5O4S.ClH/c1-22(24-14-16-25(17-15-24)29-23(2)35-21-43-29)36-31(41)27-19-26(39)20-38(27)32(42)30(33(3,4)5)37-28(40)13-11-9-7-6-8-10-12-18-34;/h14-17,21-22,26-27,30,39H,6-13,18-20,34H2,1-5H3,(H,36,41)(H,37,40);1H/t22-,26+,27-,30+;/m0./s1. The molecule has 4 atom stereocenters. The fourth-order valence-electron chi connectivity index (χ4n) is 5.56. The molecule has 0 aliphatic carbocycles. The number of hydrogen-bond acceptors (Lipinski definition) is 7. The summed E-state index contributed by atoms with van der Waals surface area (Å²) in [6.45, 7) is 10.4. The second kappa shape index (κ2) is 17.8. The Labute approximate surface area is 273 Å². The quantitative estimate of drug-likeness (QED) is 0.194. The van der Waals surface area contributed by atoms with Gasteiger partial charge >= 0.3 is 0 Å². The summed E-state index contributed by atoms with van der Waals surface area (Å²) >= 11 is 1.59. The normalized spacial score (nSPS) is 17.9. The number of thiazole rings is 1. The molecule has 5 N–H and O–H groups in total. The van der Waals surface area contributed by atoms with Crippen LogP contribution in [0.4, 0.5) is 0 Å². The summed E-state index contributed by atoms with van der Waals surface area (Å²) in [5.41, 5.74) is 9.79. The fraction of sp³-hybridized carbons (Fsp3) is 0.636. The molecule has 44 heavy (non-hydrogen) atoms. The minimum absolute atomic E-state index is 0. The highest BCUT2D eigenvalue weighted by Gasteiger charge is 2.44. The van der Waals surface area contributed by atoms with E-state index in [1.54, 1.807) is 11.3 Å². The fourth-order valence-corrected chi connectivity index (χ4v) is 6.37. The van der Waals surface area contributed by atoms with E-state index in [2.05, 4.69) is 15.6 Å². The Morgan fingerprint density at radius 3 is 2.23 bits per heavy atom. The molecule has 246 valence electrons. The lowest BCUT2D eigenvalue weighted by Gasteiger charge is -2.35. The van der Waals surface area contributed by atoms with Crippen LogP contribution in [0.2, 0.25) is 0 Å². The molecule has 0 spiro atoms. The van der Waals surface area contributed by atoms with Crippen LogP contribution in [0.25, 0.3) is 10.4 Å². The van der Waals surface area contributed by atoms with Crippen LogP contribution in [0.5, 0.6) is 0 Å². The first kappa shape index (κ1) is 37.7. The number of nitrogens with two attached hydrogens (primary N) is 1. The third-order valence-corrected chi connectivity index (χ3v) is 9.15. The molecule has 2 aromatic rings. The highest BCUT2D eigenvalue weighted by atomic mass is 35.5. The summed E-state index contributed by atoms with van der Waals surface area (Å²) in [4.78, 5) is 47.0. The van der Waals surface area contributed by atoms with Gasteiger partial charge in [0.15, 0.2) is 0 Å². The molecule has 1 aliphatic heterocycles. The smallest absolute Gasteiger partial charge is 0.246 e. The van der Waals surface area contributed by atoms with Crippen molar-refractivity contribution in [1.82, 2.24) is 20.5 Å². The van der Waals surface area contributed by atoms with Crippen molar-refractivity contribution in [2.75, 3.05) is 13.1 Å². The molecule has 3 rings (SSSR count). The van der Waals surface area contributed by atoms with Crippen molar-refractivity contribution < 1.29 is 19.5 Å². The second-order valence-corrected chi connectivity index (χ2v) is 13.7. The second-order valence-electron chi connectivity index (χ2n) is 12.9. The molecule has 2 heterocycles. The highest BCUT2D eigenvalue weighted by molar-refractivity contribution is 7.13. The van der Waals surface area contributed by atoms with Gasteiger partial charge in [-0.2, -0.15) is 0 Å². The van der Waals surface area contributed by atoms with Gasteiger partial charge in [0.2, 0.25) is 17.7 Å². The summed E-state index contributed by atoms with van der Waals surface area (Å²) < 4.78 is 0. The van der Waals surface area contributed by atoms with Crippen molar-refractivity contribution >= 4 is 41.5 Å². The van der Waals surface area contributed by atoms with Crippen LogP contribution in [0.15, 0.2) is 29.8 Å². The minimum atomic E-state index is -0.815. The van der Waals surface area contributed by atoms with Crippen LogP contribution in [0.3, 0.4) is 0 Å². The number of nitrogens with one attached hydrogen (secondary N) is 2. The number of halogens is 1. The summed E-state index contributed by atoms with van der Waals surface area (Å²) in [5, 5.41) is 16.5. The molecule has 9 nitrogen and oxygen atoms in total. The maximum atomic E-state index is 13.8. The number of hydrogen-bond donors (Lipinski definition) is 4. The van der Waals surface area contributed by atoms with E-state index in [-0.39, 0.29) is 49.1 Å². The van der Waals surface area contributed by atoms with E-state index in [1.165, 1.54) is 11.3 Å².